The molecule has 1 N–H and O–H groups in total. The Kier molecular flexibility index (Phi) is 3.00. The molecule has 6 heteroatoms. The second-order valence-corrected chi connectivity index (χ2v) is 4.08. The van der Waals surface area contributed by atoms with Crippen LogP contribution in [-0.4, -0.2) is 16.2 Å². The van der Waals surface area contributed by atoms with E-state index in [9.17, 15) is 4.79 Å². The van der Waals surface area contributed by atoms with Crippen molar-refractivity contribution in [2.75, 3.05) is 5.32 Å². The number of hydrogen-bond donors (Lipinski definition) is 1. The molecule has 2 aromatic rings. The summed E-state index contributed by atoms with van der Waals surface area (Å²) in [6.07, 6.45) is 0. The average Bonchev–Trinajstić information content (AvgIpc) is 2.64. The molecule has 1 aromatic heterocycles. The molecule has 16 heavy (non-hydrogen) atoms. The SMILES string of the molecule is Cc1nonc1NC(=O)c1cccc(Br)c1. The summed E-state index contributed by atoms with van der Waals surface area (Å²) < 4.78 is 5.32. The molecule has 1 amide bonds. The number of nitrogens with one attached hydrogen (secondary N) is 1. The molecule has 0 radical (unpaired) electrons. The largest absolute Gasteiger partial charge is 0.302 e. The highest BCUT2D eigenvalue weighted by atomic mass is 79.9. The first-order valence-corrected chi connectivity index (χ1v) is 5.32. The number of rotatable bonds is 2. The maximum absolute atomic E-state index is 11.8. The lowest BCUT2D eigenvalue weighted by Gasteiger charge is -2.01. The molecule has 0 aliphatic rings. The minimum atomic E-state index is -0.250. The lowest BCUT2D eigenvalue weighted by Crippen LogP contribution is -2.12. The third-order valence-electron chi connectivity index (χ3n) is 1.97. The van der Waals surface area contributed by atoms with Crippen LogP contribution in [0, 0.1) is 6.92 Å². The smallest absolute Gasteiger partial charge is 0.256 e. The number of amides is 1. The van der Waals surface area contributed by atoms with Crippen LogP contribution in [0.2, 0.25) is 0 Å². The van der Waals surface area contributed by atoms with E-state index in [0.29, 0.717) is 17.1 Å². The fourth-order valence-electron chi connectivity index (χ4n) is 1.15. The van der Waals surface area contributed by atoms with Crippen molar-refractivity contribution in [3.05, 3.63) is 40.0 Å². The Morgan fingerprint density at radius 1 is 1.44 bits per heavy atom. The molecule has 1 heterocycles. The normalized spacial score (nSPS) is 10.1. The zero-order valence-corrected chi connectivity index (χ0v) is 9.98. The van der Waals surface area contributed by atoms with E-state index in [2.05, 4.69) is 36.2 Å². The van der Waals surface area contributed by atoms with Crippen LogP contribution >= 0.6 is 15.9 Å². The first kappa shape index (κ1) is 10.8. The van der Waals surface area contributed by atoms with E-state index in [1.807, 2.05) is 6.07 Å². The van der Waals surface area contributed by atoms with Crippen molar-refractivity contribution in [2.24, 2.45) is 0 Å². The highest BCUT2D eigenvalue weighted by molar-refractivity contribution is 9.10. The second kappa shape index (κ2) is 4.44. The van der Waals surface area contributed by atoms with Crippen molar-refractivity contribution in [1.29, 1.82) is 0 Å². The molecule has 0 spiro atoms. The fraction of sp³-hybridized carbons (Fsp3) is 0.100. The fourth-order valence-corrected chi connectivity index (χ4v) is 1.55. The van der Waals surface area contributed by atoms with Gasteiger partial charge in [-0.1, -0.05) is 27.2 Å². The summed E-state index contributed by atoms with van der Waals surface area (Å²) in [6.45, 7) is 1.70. The van der Waals surface area contributed by atoms with Gasteiger partial charge in [-0.15, -0.1) is 0 Å². The standard InChI is InChI=1S/C10H8BrN3O2/c1-6-9(14-16-13-6)12-10(15)7-3-2-4-8(11)5-7/h2-5H,1H3,(H,12,14,15). The van der Waals surface area contributed by atoms with E-state index in [1.54, 1.807) is 25.1 Å². The van der Waals surface area contributed by atoms with Gasteiger partial charge >= 0.3 is 0 Å². The minimum Gasteiger partial charge on any atom is -0.302 e. The summed E-state index contributed by atoms with van der Waals surface area (Å²) in [5, 5.41) is 9.75. The average molecular weight is 282 g/mol. The van der Waals surface area contributed by atoms with Crippen molar-refractivity contribution in [3.63, 3.8) is 0 Å². The number of hydrogen-bond acceptors (Lipinski definition) is 4. The monoisotopic (exact) mass is 281 g/mol. The summed E-state index contributed by atoms with van der Waals surface area (Å²) in [6, 6.07) is 7.06. The second-order valence-electron chi connectivity index (χ2n) is 3.16. The summed E-state index contributed by atoms with van der Waals surface area (Å²) in [5.41, 5.74) is 1.08. The lowest BCUT2D eigenvalue weighted by atomic mass is 10.2. The molecule has 0 saturated carbocycles. The van der Waals surface area contributed by atoms with Crippen molar-refractivity contribution in [3.8, 4) is 0 Å². The third-order valence-corrected chi connectivity index (χ3v) is 2.46. The van der Waals surface area contributed by atoms with Gasteiger partial charge < -0.3 is 5.32 Å². The number of carbonyl (C=O) groups excluding carboxylic acids is 1. The predicted molar refractivity (Wildman–Crippen MR) is 61.1 cm³/mol. The van der Waals surface area contributed by atoms with Crippen molar-refractivity contribution in [2.45, 2.75) is 6.92 Å². The molecule has 0 aliphatic heterocycles. The maximum atomic E-state index is 11.8. The number of aromatic nitrogens is 2. The summed E-state index contributed by atoms with van der Waals surface area (Å²) >= 11 is 3.30. The third kappa shape index (κ3) is 2.27. The van der Waals surface area contributed by atoms with Gasteiger partial charge in [-0.25, -0.2) is 4.63 Å². The highest BCUT2D eigenvalue weighted by Gasteiger charge is 2.11. The Morgan fingerprint density at radius 3 is 2.88 bits per heavy atom. The lowest BCUT2D eigenvalue weighted by molar-refractivity contribution is 0.102. The zero-order chi connectivity index (χ0) is 11.5. The number of halogens is 1. The quantitative estimate of drug-likeness (QED) is 0.918. The number of anilines is 1. The molecular formula is C10H8BrN3O2. The van der Waals surface area contributed by atoms with Gasteiger partial charge in [0.1, 0.15) is 5.69 Å². The molecule has 0 unspecified atom stereocenters. The Balaban J connectivity index is 2.18. The van der Waals surface area contributed by atoms with E-state index in [1.165, 1.54) is 0 Å². The van der Waals surface area contributed by atoms with Gasteiger partial charge in [0.15, 0.2) is 0 Å². The van der Waals surface area contributed by atoms with Crippen LogP contribution in [-0.2, 0) is 0 Å². The van der Waals surface area contributed by atoms with Gasteiger partial charge in [0.2, 0.25) is 5.82 Å². The molecule has 0 bridgehead atoms. The number of benzene rings is 1. The van der Waals surface area contributed by atoms with E-state index in [-0.39, 0.29) is 5.91 Å². The number of nitrogens with zero attached hydrogens (tertiary/aromatic N) is 2. The minimum absolute atomic E-state index is 0.250. The van der Waals surface area contributed by atoms with Crippen molar-refractivity contribution < 1.29 is 9.42 Å². The summed E-state index contributed by atoms with van der Waals surface area (Å²) in [7, 11) is 0. The van der Waals surface area contributed by atoms with E-state index in [0.717, 1.165) is 4.47 Å². The number of aryl methyl sites for hydroxylation is 1. The Bertz CT molecular complexity index is 524. The molecular weight excluding hydrogens is 274 g/mol. The van der Waals surface area contributed by atoms with Crippen LogP contribution in [0.15, 0.2) is 33.4 Å². The van der Waals surface area contributed by atoms with Gasteiger partial charge in [-0.3, -0.25) is 4.79 Å². The molecule has 5 nitrogen and oxygen atoms in total. The first-order valence-electron chi connectivity index (χ1n) is 4.53. The van der Waals surface area contributed by atoms with Crippen molar-refractivity contribution >= 4 is 27.7 Å². The molecule has 0 fully saturated rings. The van der Waals surface area contributed by atoms with Crippen LogP contribution in [0.3, 0.4) is 0 Å². The molecule has 0 atom stereocenters. The molecule has 0 aliphatic carbocycles. The maximum Gasteiger partial charge on any atom is 0.256 e. The van der Waals surface area contributed by atoms with Crippen LogP contribution < -0.4 is 5.32 Å². The van der Waals surface area contributed by atoms with Crippen LogP contribution in [0.25, 0.3) is 0 Å². The van der Waals surface area contributed by atoms with Gasteiger partial charge in [-0.2, -0.15) is 0 Å². The summed E-state index contributed by atoms with van der Waals surface area (Å²) in [4.78, 5) is 11.8. The first-order chi connectivity index (χ1) is 7.66. The van der Waals surface area contributed by atoms with Gasteiger partial charge in [-0.05, 0) is 30.3 Å². The zero-order valence-electron chi connectivity index (χ0n) is 8.40. The van der Waals surface area contributed by atoms with E-state index < -0.39 is 0 Å². The Morgan fingerprint density at radius 2 is 2.25 bits per heavy atom. The Labute approximate surface area is 99.9 Å². The van der Waals surface area contributed by atoms with E-state index in [4.69, 9.17) is 0 Å². The number of carbonyl (C=O) groups is 1. The highest BCUT2D eigenvalue weighted by Crippen LogP contribution is 2.14. The summed E-state index contributed by atoms with van der Waals surface area (Å²) in [5.74, 6) is 0.0880. The Hall–Kier alpha value is -1.69. The molecule has 1 aromatic carbocycles. The predicted octanol–water partition coefficient (Wildman–Crippen LogP) is 2.39. The topological polar surface area (TPSA) is 68.0 Å². The van der Waals surface area contributed by atoms with Crippen LogP contribution in [0.5, 0.6) is 0 Å². The van der Waals surface area contributed by atoms with Gasteiger partial charge in [0.05, 0.1) is 0 Å². The molecule has 82 valence electrons. The molecule has 2 rings (SSSR count). The van der Waals surface area contributed by atoms with Gasteiger partial charge in [0.25, 0.3) is 5.91 Å². The van der Waals surface area contributed by atoms with Crippen LogP contribution in [0.1, 0.15) is 16.1 Å². The van der Waals surface area contributed by atoms with Crippen molar-refractivity contribution in [1.82, 2.24) is 10.3 Å². The van der Waals surface area contributed by atoms with Crippen LogP contribution in [0.4, 0.5) is 5.82 Å². The van der Waals surface area contributed by atoms with Gasteiger partial charge in [0, 0.05) is 10.0 Å². The van der Waals surface area contributed by atoms with E-state index >= 15 is 0 Å². The molecule has 0 saturated heterocycles.